The molecule has 0 saturated heterocycles. The van der Waals surface area contributed by atoms with Gasteiger partial charge in [0.05, 0.1) is 33.2 Å². The van der Waals surface area contributed by atoms with Gasteiger partial charge in [0.15, 0.2) is 5.82 Å². The Morgan fingerprint density at radius 2 is 1.83 bits per heavy atom. The van der Waals surface area contributed by atoms with Gasteiger partial charge in [0, 0.05) is 29.2 Å². The van der Waals surface area contributed by atoms with Crippen molar-refractivity contribution in [1.82, 2.24) is 21.6 Å². The van der Waals surface area contributed by atoms with Gasteiger partial charge in [0.1, 0.15) is 27.6 Å². The fraction of sp³-hybridized carbons (Fsp3) is 0.452. The zero-order valence-corrected chi connectivity index (χ0v) is 28.2. The van der Waals surface area contributed by atoms with Gasteiger partial charge in [-0.1, -0.05) is 34.4 Å². The molecule has 3 aliphatic carbocycles. The third kappa shape index (κ3) is 6.54. The summed E-state index contributed by atoms with van der Waals surface area (Å²) in [6, 6.07) is 7.80. The Bertz CT molecular complexity index is 1910. The number of fused-ring (bicyclic) bond motifs is 3. The number of rotatable bonds is 10. The van der Waals surface area contributed by atoms with Gasteiger partial charge in [-0.15, -0.1) is 11.3 Å². The normalized spacial score (nSPS) is 24.0. The van der Waals surface area contributed by atoms with Crippen molar-refractivity contribution in [1.29, 1.82) is 0 Å². The van der Waals surface area contributed by atoms with Gasteiger partial charge < -0.3 is 25.8 Å². The number of carbonyl (C=O) groups is 1. The minimum Gasteiger partial charge on any atom is -0.382 e. The molecule has 0 spiro atoms. The van der Waals surface area contributed by atoms with E-state index >= 15 is 4.39 Å². The number of hydrogen-bond donors (Lipinski definition) is 4. The lowest BCUT2D eigenvalue weighted by molar-refractivity contribution is -0.116. The van der Waals surface area contributed by atoms with Crippen LogP contribution in [0.4, 0.5) is 4.39 Å². The number of thiazole rings is 1. The van der Waals surface area contributed by atoms with Gasteiger partial charge in [0.2, 0.25) is 0 Å². The smallest absolute Gasteiger partial charge is 0.266 e. The number of aliphatic hydroxyl groups is 1. The molecule has 2 heterocycles. The van der Waals surface area contributed by atoms with Gasteiger partial charge in [0.25, 0.3) is 16.0 Å². The molecule has 3 saturated carbocycles. The third-order valence-electron chi connectivity index (χ3n) is 9.33. The van der Waals surface area contributed by atoms with E-state index < -0.39 is 33.2 Å². The fourth-order valence-corrected chi connectivity index (χ4v) is 9.13. The number of carbonyl (C=O) groups excluding carboxylic acids is 1. The van der Waals surface area contributed by atoms with Gasteiger partial charge in [-0.05, 0) is 74.6 Å². The second kappa shape index (κ2) is 13.0. The molecule has 11 nitrogen and oxygen atoms in total. The zero-order chi connectivity index (χ0) is 32.4. The van der Waals surface area contributed by atoms with E-state index in [1.54, 1.807) is 18.2 Å². The largest absolute Gasteiger partial charge is 0.382 e. The molecule has 4 aromatic rings. The second-order valence-corrected chi connectivity index (χ2v) is 15.7. The van der Waals surface area contributed by atoms with Crippen LogP contribution in [0.2, 0.25) is 10.0 Å². The molecule has 6 N–H and O–H groups in total. The van der Waals surface area contributed by atoms with Crippen molar-refractivity contribution in [2.24, 2.45) is 11.8 Å². The van der Waals surface area contributed by atoms with Crippen molar-refractivity contribution in [2.45, 2.75) is 62.8 Å². The molecule has 2 aromatic heterocycles. The highest BCUT2D eigenvalue weighted by atomic mass is 35.5. The number of amides is 1. The molecular weight excluding hydrogens is 694 g/mol. The lowest BCUT2D eigenvalue weighted by atomic mass is 9.73. The van der Waals surface area contributed by atoms with Crippen LogP contribution in [0.1, 0.15) is 71.1 Å². The number of hydrogen-bond acceptors (Lipinski definition) is 10. The van der Waals surface area contributed by atoms with Crippen LogP contribution in [-0.4, -0.2) is 52.5 Å². The van der Waals surface area contributed by atoms with Crippen LogP contribution in [0, 0.1) is 17.7 Å². The third-order valence-corrected chi connectivity index (χ3v) is 11.8. The minimum absolute atomic E-state index is 0. The standard InChI is InChI=1S/C31H30Cl2FN3O7S2.H3N/c32-21-2-1-3-22(33)25(21)26-20(28(44-37-26)15-4-5-15)14-43-19-12-17-6-7-18(13-19)31(17,39)30-36-27-23(34)10-16(11-24(27)45-30)29(38)35-8-9-46(40,41)42;/h1-3,10-11,15,17-19,39H,4-9,12-14H2,(H,35,38)(H,40,41,42);1H3/t17-,18+,19-,31+;. The molecule has 3 aliphatic rings. The number of nitrogens with one attached hydrogen (secondary N) is 1. The molecule has 47 heavy (non-hydrogen) atoms. The molecule has 1 amide bonds. The highest BCUT2D eigenvalue weighted by Gasteiger charge is 2.56. The first kappa shape index (κ1) is 34.2. The van der Waals surface area contributed by atoms with Gasteiger partial charge >= 0.3 is 0 Å². The molecule has 2 bridgehead atoms. The maximum absolute atomic E-state index is 15.1. The first-order valence-electron chi connectivity index (χ1n) is 15.0. The first-order valence-corrected chi connectivity index (χ1v) is 18.2. The van der Waals surface area contributed by atoms with Crippen LogP contribution < -0.4 is 11.5 Å². The Hall–Kier alpha value is -2.69. The summed E-state index contributed by atoms with van der Waals surface area (Å²) in [5, 5.41) is 20.2. The highest BCUT2D eigenvalue weighted by Crippen LogP contribution is 2.57. The van der Waals surface area contributed by atoms with Crippen LogP contribution in [0.25, 0.3) is 21.5 Å². The Morgan fingerprint density at radius 3 is 2.47 bits per heavy atom. The van der Waals surface area contributed by atoms with Crippen LogP contribution in [0.3, 0.4) is 0 Å². The number of nitrogens with zero attached hydrogens (tertiary/aromatic N) is 2. The molecule has 2 aromatic carbocycles. The Kier molecular flexibility index (Phi) is 9.43. The number of aromatic nitrogens is 2. The number of benzene rings is 2. The lowest BCUT2D eigenvalue weighted by Gasteiger charge is -2.41. The second-order valence-electron chi connectivity index (χ2n) is 12.3. The maximum atomic E-state index is 15.1. The Morgan fingerprint density at radius 1 is 1.15 bits per heavy atom. The molecule has 0 radical (unpaired) electrons. The molecule has 3 fully saturated rings. The predicted molar refractivity (Wildman–Crippen MR) is 175 cm³/mol. The molecular formula is C31H33Cl2FN4O7S2. The average molecular weight is 728 g/mol. The summed E-state index contributed by atoms with van der Waals surface area (Å²) in [7, 11) is -4.25. The maximum Gasteiger partial charge on any atom is 0.266 e. The number of halogens is 3. The van der Waals surface area contributed by atoms with Crippen molar-refractivity contribution in [2.75, 3.05) is 12.3 Å². The summed E-state index contributed by atoms with van der Waals surface area (Å²) in [6.45, 7) is -0.0676. The summed E-state index contributed by atoms with van der Waals surface area (Å²) in [5.41, 5.74) is 0.812. The lowest BCUT2D eigenvalue weighted by Crippen LogP contribution is -2.44. The van der Waals surface area contributed by atoms with E-state index in [1.165, 1.54) is 6.07 Å². The van der Waals surface area contributed by atoms with Crippen molar-refractivity contribution in [3.63, 3.8) is 0 Å². The van der Waals surface area contributed by atoms with E-state index in [0.717, 1.165) is 54.4 Å². The van der Waals surface area contributed by atoms with Gasteiger partial charge in [-0.2, -0.15) is 8.42 Å². The van der Waals surface area contributed by atoms with Crippen LogP contribution in [0.15, 0.2) is 34.9 Å². The van der Waals surface area contributed by atoms with Crippen molar-refractivity contribution in [3.05, 3.63) is 68.1 Å². The number of ether oxygens (including phenoxy) is 1. The highest BCUT2D eigenvalue weighted by molar-refractivity contribution is 7.85. The van der Waals surface area contributed by atoms with Crippen molar-refractivity contribution in [3.8, 4) is 11.3 Å². The molecule has 252 valence electrons. The summed E-state index contributed by atoms with van der Waals surface area (Å²) in [6.07, 6.45) is 4.59. The zero-order valence-electron chi connectivity index (χ0n) is 25.0. The first-order chi connectivity index (χ1) is 21.9. The van der Waals surface area contributed by atoms with Gasteiger partial charge in [-0.3, -0.25) is 9.35 Å². The summed E-state index contributed by atoms with van der Waals surface area (Å²) < 4.78 is 58.6. The van der Waals surface area contributed by atoms with E-state index in [1.807, 2.05) is 0 Å². The molecule has 7 rings (SSSR count). The molecule has 16 heteroatoms. The fourth-order valence-electron chi connectivity index (χ4n) is 6.92. The average Bonchev–Trinajstić information content (AvgIpc) is 3.57. The topological polar surface area (TPSA) is 187 Å². The van der Waals surface area contributed by atoms with E-state index in [0.29, 0.717) is 43.9 Å². The van der Waals surface area contributed by atoms with Crippen molar-refractivity contribution < 1.29 is 36.5 Å². The molecule has 0 aliphatic heterocycles. The predicted octanol–water partition coefficient (Wildman–Crippen LogP) is 6.65. The van der Waals surface area contributed by atoms with E-state index in [9.17, 15) is 18.3 Å². The van der Waals surface area contributed by atoms with Crippen LogP contribution >= 0.6 is 34.5 Å². The Labute approximate surface area is 284 Å². The van der Waals surface area contributed by atoms with E-state index in [4.69, 9.17) is 37.0 Å². The minimum atomic E-state index is -4.25. The monoisotopic (exact) mass is 726 g/mol. The molecule has 0 unspecified atom stereocenters. The van der Waals surface area contributed by atoms with Gasteiger partial charge in [-0.25, -0.2) is 9.37 Å². The van der Waals surface area contributed by atoms with E-state index in [-0.39, 0.29) is 54.2 Å². The van der Waals surface area contributed by atoms with Crippen LogP contribution in [0.5, 0.6) is 0 Å². The summed E-state index contributed by atoms with van der Waals surface area (Å²) in [4.78, 5) is 17.1. The summed E-state index contributed by atoms with van der Waals surface area (Å²) >= 11 is 14.2. The SMILES string of the molecule is N.O=C(NCCS(=O)(=O)O)c1cc(F)c2nc([C@]3(O)[C@@H]4CC[C@H]3C[C@H](OCc3c(-c5c(Cl)cccc5Cl)noc3C3CC3)C4)sc2c1. The van der Waals surface area contributed by atoms with Crippen LogP contribution in [-0.2, 0) is 27.1 Å². The van der Waals surface area contributed by atoms with E-state index in [2.05, 4.69) is 15.5 Å². The quantitative estimate of drug-likeness (QED) is 0.129. The Balaban J connectivity index is 0.00000386. The van der Waals surface area contributed by atoms with Crippen molar-refractivity contribution >= 4 is 60.8 Å². The molecule has 4 atom stereocenters. The summed E-state index contributed by atoms with van der Waals surface area (Å²) in [5.74, 6) is -1.31.